The molecule has 1 nitrogen and oxygen atoms in total. The van der Waals surface area contributed by atoms with Gasteiger partial charge in [-0.1, -0.05) is 50.6 Å². The molecule has 0 fully saturated rings. The van der Waals surface area contributed by atoms with Crippen molar-refractivity contribution in [3.05, 3.63) is 35.4 Å². The molecule has 0 aromatic heterocycles. The molecule has 0 saturated heterocycles. The number of thiol groups is 1. The molecule has 0 aliphatic heterocycles. The summed E-state index contributed by atoms with van der Waals surface area (Å²) in [5.41, 5.74) is 3.03. The fourth-order valence-corrected chi connectivity index (χ4v) is 2.71. The lowest BCUT2D eigenvalue weighted by Crippen LogP contribution is -2.34. The van der Waals surface area contributed by atoms with E-state index in [1.165, 1.54) is 11.1 Å². The fraction of sp³-hybridized carbons (Fsp3) is 0.625. The Morgan fingerprint density at radius 3 is 2.17 bits per heavy atom. The quantitative estimate of drug-likeness (QED) is 0.787. The summed E-state index contributed by atoms with van der Waals surface area (Å²) < 4.78 is 0. The molecule has 0 N–H and O–H groups in total. The van der Waals surface area contributed by atoms with E-state index in [2.05, 4.69) is 76.5 Å². The molecule has 0 amide bonds. The van der Waals surface area contributed by atoms with Gasteiger partial charge in [0.15, 0.2) is 0 Å². The molecule has 2 heteroatoms. The number of hydrogen-bond donors (Lipinski definition) is 1. The maximum atomic E-state index is 4.50. The Labute approximate surface area is 118 Å². The highest BCUT2D eigenvalue weighted by molar-refractivity contribution is 7.80. The van der Waals surface area contributed by atoms with Crippen LogP contribution in [0.2, 0.25) is 0 Å². The predicted molar refractivity (Wildman–Crippen MR) is 84.3 cm³/mol. The van der Waals surface area contributed by atoms with Crippen LogP contribution in [-0.4, -0.2) is 24.2 Å². The summed E-state index contributed by atoms with van der Waals surface area (Å²) in [6.45, 7) is 11.1. The van der Waals surface area contributed by atoms with Gasteiger partial charge >= 0.3 is 0 Å². The first-order valence-corrected chi connectivity index (χ1v) is 7.31. The van der Waals surface area contributed by atoms with Crippen molar-refractivity contribution in [3.8, 4) is 0 Å². The third-order valence-electron chi connectivity index (χ3n) is 3.55. The normalized spacial score (nSPS) is 13.9. The van der Waals surface area contributed by atoms with Gasteiger partial charge in [0.05, 0.1) is 0 Å². The number of aryl methyl sites for hydroxylation is 1. The SMILES string of the molecule is Cc1ccc(CN(C)CC(CS)C(C)(C)C)cc1. The standard InChI is InChI=1S/C16H27NS/c1-13-6-8-14(9-7-13)10-17(5)11-15(12-18)16(2,3)4/h6-9,15,18H,10-12H2,1-5H3. The summed E-state index contributed by atoms with van der Waals surface area (Å²) in [5, 5.41) is 0. The van der Waals surface area contributed by atoms with E-state index in [0.29, 0.717) is 11.3 Å². The minimum Gasteiger partial charge on any atom is -0.302 e. The third-order valence-corrected chi connectivity index (χ3v) is 3.99. The predicted octanol–water partition coefficient (Wildman–Crippen LogP) is 4.02. The molecule has 0 saturated carbocycles. The molecular formula is C16H27NS. The van der Waals surface area contributed by atoms with Gasteiger partial charge in [-0.3, -0.25) is 0 Å². The molecule has 0 bridgehead atoms. The second-order valence-corrected chi connectivity index (χ2v) is 6.79. The summed E-state index contributed by atoms with van der Waals surface area (Å²) in [5.74, 6) is 1.57. The van der Waals surface area contributed by atoms with Crippen molar-refractivity contribution in [2.45, 2.75) is 34.2 Å². The monoisotopic (exact) mass is 265 g/mol. The lowest BCUT2D eigenvalue weighted by molar-refractivity contribution is 0.183. The van der Waals surface area contributed by atoms with Crippen molar-refractivity contribution in [2.75, 3.05) is 19.3 Å². The summed E-state index contributed by atoms with van der Waals surface area (Å²) in [7, 11) is 2.20. The van der Waals surface area contributed by atoms with Gasteiger partial charge in [-0.05, 0) is 36.6 Å². The first kappa shape index (κ1) is 15.6. The molecule has 0 aliphatic rings. The average Bonchev–Trinajstić information content (AvgIpc) is 2.27. The zero-order valence-electron chi connectivity index (χ0n) is 12.4. The van der Waals surface area contributed by atoms with E-state index in [1.54, 1.807) is 0 Å². The van der Waals surface area contributed by atoms with E-state index in [1.807, 2.05) is 0 Å². The van der Waals surface area contributed by atoms with Crippen LogP contribution in [0.25, 0.3) is 0 Å². The Hall–Kier alpha value is -0.470. The summed E-state index contributed by atoms with van der Waals surface area (Å²) in [6.07, 6.45) is 0. The minimum absolute atomic E-state index is 0.323. The van der Waals surface area contributed by atoms with Gasteiger partial charge in [-0.2, -0.15) is 12.6 Å². The lowest BCUT2D eigenvalue weighted by Gasteiger charge is -2.33. The molecule has 0 heterocycles. The van der Waals surface area contributed by atoms with Crippen LogP contribution in [0.4, 0.5) is 0 Å². The molecule has 1 atom stereocenters. The molecule has 102 valence electrons. The van der Waals surface area contributed by atoms with E-state index >= 15 is 0 Å². The zero-order chi connectivity index (χ0) is 13.8. The van der Waals surface area contributed by atoms with Crippen molar-refractivity contribution < 1.29 is 0 Å². The highest BCUT2D eigenvalue weighted by atomic mass is 32.1. The number of rotatable bonds is 5. The zero-order valence-corrected chi connectivity index (χ0v) is 13.3. The maximum absolute atomic E-state index is 4.50. The first-order valence-electron chi connectivity index (χ1n) is 6.68. The number of benzene rings is 1. The fourth-order valence-electron chi connectivity index (χ4n) is 2.05. The van der Waals surface area contributed by atoms with Crippen LogP contribution in [0, 0.1) is 18.3 Å². The second kappa shape index (κ2) is 6.63. The number of hydrogen-bond acceptors (Lipinski definition) is 2. The average molecular weight is 265 g/mol. The van der Waals surface area contributed by atoms with Crippen molar-refractivity contribution in [1.29, 1.82) is 0 Å². The van der Waals surface area contributed by atoms with Crippen molar-refractivity contribution in [1.82, 2.24) is 4.90 Å². The van der Waals surface area contributed by atoms with Crippen LogP contribution in [0.15, 0.2) is 24.3 Å². The van der Waals surface area contributed by atoms with Gasteiger partial charge in [0.1, 0.15) is 0 Å². The first-order chi connectivity index (χ1) is 8.32. The van der Waals surface area contributed by atoms with E-state index < -0.39 is 0 Å². The van der Waals surface area contributed by atoms with E-state index in [0.717, 1.165) is 18.8 Å². The molecular weight excluding hydrogens is 238 g/mol. The maximum Gasteiger partial charge on any atom is 0.0230 e. The van der Waals surface area contributed by atoms with Crippen molar-refractivity contribution in [2.24, 2.45) is 11.3 Å². The van der Waals surface area contributed by atoms with Crippen LogP contribution in [0.1, 0.15) is 31.9 Å². The molecule has 0 aliphatic carbocycles. The van der Waals surface area contributed by atoms with E-state index in [9.17, 15) is 0 Å². The van der Waals surface area contributed by atoms with Crippen LogP contribution in [0.5, 0.6) is 0 Å². The Morgan fingerprint density at radius 2 is 1.72 bits per heavy atom. The Morgan fingerprint density at radius 1 is 1.17 bits per heavy atom. The molecule has 18 heavy (non-hydrogen) atoms. The molecule has 1 rings (SSSR count). The Balaban J connectivity index is 2.55. The van der Waals surface area contributed by atoms with E-state index in [-0.39, 0.29) is 0 Å². The topological polar surface area (TPSA) is 3.24 Å². The van der Waals surface area contributed by atoms with Gasteiger partial charge in [0.25, 0.3) is 0 Å². The highest BCUT2D eigenvalue weighted by Crippen LogP contribution is 2.27. The van der Waals surface area contributed by atoms with Crippen LogP contribution >= 0.6 is 12.6 Å². The molecule has 0 spiro atoms. The second-order valence-electron chi connectivity index (χ2n) is 6.43. The van der Waals surface area contributed by atoms with Crippen molar-refractivity contribution >= 4 is 12.6 Å². The molecule has 0 radical (unpaired) electrons. The largest absolute Gasteiger partial charge is 0.302 e. The highest BCUT2D eigenvalue weighted by Gasteiger charge is 2.24. The summed E-state index contributed by atoms with van der Waals surface area (Å²) >= 11 is 4.50. The minimum atomic E-state index is 0.323. The van der Waals surface area contributed by atoms with Crippen molar-refractivity contribution in [3.63, 3.8) is 0 Å². The third kappa shape index (κ3) is 5.03. The lowest BCUT2D eigenvalue weighted by atomic mass is 9.81. The van der Waals surface area contributed by atoms with Crippen LogP contribution in [0.3, 0.4) is 0 Å². The molecule has 1 aromatic rings. The number of nitrogens with zero attached hydrogens (tertiary/aromatic N) is 1. The summed E-state index contributed by atoms with van der Waals surface area (Å²) in [4.78, 5) is 2.40. The van der Waals surface area contributed by atoms with Gasteiger partial charge in [0.2, 0.25) is 0 Å². The van der Waals surface area contributed by atoms with E-state index in [4.69, 9.17) is 0 Å². The summed E-state index contributed by atoms with van der Waals surface area (Å²) in [6, 6.07) is 8.81. The smallest absolute Gasteiger partial charge is 0.0230 e. The Bertz CT molecular complexity index is 350. The van der Waals surface area contributed by atoms with Gasteiger partial charge in [-0.15, -0.1) is 0 Å². The molecule has 1 aromatic carbocycles. The molecule has 1 unspecified atom stereocenters. The van der Waals surface area contributed by atoms with Gasteiger partial charge in [-0.25, -0.2) is 0 Å². The Kier molecular flexibility index (Phi) is 5.74. The van der Waals surface area contributed by atoms with Gasteiger partial charge < -0.3 is 4.90 Å². The van der Waals surface area contributed by atoms with Crippen LogP contribution < -0.4 is 0 Å². The van der Waals surface area contributed by atoms with Crippen LogP contribution in [-0.2, 0) is 6.54 Å². The van der Waals surface area contributed by atoms with Gasteiger partial charge in [0, 0.05) is 13.1 Å².